The lowest BCUT2D eigenvalue weighted by molar-refractivity contribution is 0.141. The Kier molecular flexibility index (Phi) is 11.5. The molecule has 0 spiro atoms. The Bertz CT molecular complexity index is 730. The number of halogens is 1. The van der Waals surface area contributed by atoms with E-state index >= 15 is 0 Å². The van der Waals surface area contributed by atoms with Crippen LogP contribution in [0.25, 0.3) is 0 Å². The summed E-state index contributed by atoms with van der Waals surface area (Å²) in [5, 5.41) is 6.72. The number of hydrogen-bond acceptors (Lipinski definition) is 4. The first-order valence-corrected chi connectivity index (χ1v) is 12.1. The zero-order valence-electron chi connectivity index (χ0n) is 17.9. The molecule has 2 N–H and O–H groups in total. The van der Waals surface area contributed by atoms with E-state index < -0.39 is 9.84 Å². The Morgan fingerprint density at radius 2 is 1.83 bits per heavy atom. The molecule has 8 heteroatoms. The molecular weight excluding hydrogens is 501 g/mol. The van der Waals surface area contributed by atoms with Crippen molar-refractivity contribution < 1.29 is 13.2 Å². The van der Waals surface area contributed by atoms with E-state index in [1.807, 2.05) is 12.1 Å². The lowest BCUT2D eigenvalue weighted by Crippen LogP contribution is -2.39. The predicted molar refractivity (Wildman–Crippen MR) is 130 cm³/mol. The van der Waals surface area contributed by atoms with Gasteiger partial charge in [-0.3, -0.25) is 4.99 Å². The van der Waals surface area contributed by atoms with E-state index in [0.29, 0.717) is 4.90 Å². The van der Waals surface area contributed by atoms with Gasteiger partial charge in [0.05, 0.1) is 4.90 Å². The molecule has 0 heterocycles. The minimum atomic E-state index is -3.14. The van der Waals surface area contributed by atoms with Gasteiger partial charge < -0.3 is 15.4 Å². The van der Waals surface area contributed by atoms with E-state index in [2.05, 4.69) is 17.6 Å². The summed E-state index contributed by atoms with van der Waals surface area (Å²) in [6, 6.07) is 7.09. The molecule has 1 aliphatic carbocycles. The number of methoxy groups -OCH3 is 1. The Hall–Kier alpha value is -0.870. The molecule has 0 radical (unpaired) electrons. The van der Waals surface area contributed by atoms with E-state index in [0.717, 1.165) is 50.6 Å². The van der Waals surface area contributed by atoms with Crippen LogP contribution in [0.3, 0.4) is 0 Å². The molecule has 0 unspecified atom stereocenters. The van der Waals surface area contributed by atoms with Gasteiger partial charge in [0.15, 0.2) is 15.8 Å². The van der Waals surface area contributed by atoms with Crippen molar-refractivity contribution in [1.29, 1.82) is 0 Å². The number of nitrogens with one attached hydrogen (secondary N) is 2. The van der Waals surface area contributed by atoms with E-state index in [4.69, 9.17) is 9.73 Å². The van der Waals surface area contributed by atoms with Gasteiger partial charge in [-0.15, -0.1) is 24.0 Å². The van der Waals surface area contributed by atoms with Crippen molar-refractivity contribution in [3.05, 3.63) is 29.8 Å². The quantitative estimate of drug-likeness (QED) is 0.272. The van der Waals surface area contributed by atoms with Gasteiger partial charge in [-0.25, -0.2) is 8.42 Å². The Morgan fingerprint density at radius 3 is 2.38 bits per heavy atom. The third kappa shape index (κ3) is 8.80. The standard InChI is InChI=1S/C21H35N3O3S.HI/c1-4-22-20(24-17-21(14-16-27-2)12-5-6-13-21)23-15-11-18-7-9-19(10-8-18)28(3,25)26;/h7-10H,4-6,11-17H2,1-3H3,(H2,22,23,24);1H. The number of hydrogen-bond donors (Lipinski definition) is 2. The number of benzene rings is 1. The van der Waals surface area contributed by atoms with Crippen molar-refractivity contribution in [2.45, 2.75) is 50.3 Å². The van der Waals surface area contributed by atoms with Crippen LogP contribution in [0.15, 0.2) is 34.2 Å². The summed E-state index contributed by atoms with van der Waals surface area (Å²) in [6.45, 7) is 5.25. The normalized spacial score (nSPS) is 16.3. The number of rotatable bonds is 10. The molecule has 1 saturated carbocycles. The molecule has 1 aromatic rings. The summed E-state index contributed by atoms with van der Waals surface area (Å²) >= 11 is 0. The van der Waals surface area contributed by atoms with Crippen LogP contribution in [0, 0.1) is 5.41 Å². The lowest BCUT2D eigenvalue weighted by atomic mass is 9.83. The number of guanidine groups is 1. The Labute approximate surface area is 193 Å². The van der Waals surface area contributed by atoms with Crippen LogP contribution in [-0.4, -0.2) is 54.0 Å². The van der Waals surface area contributed by atoms with Gasteiger partial charge in [0.25, 0.3) is 0 Å². The molecule has 0 bridgehead atoms. The third-order valence-corrected chi connectivity index (χ3v) is 6.60. The molecule has 1 aromatic carbocycles. The lowest BCUT2D eigenvalue weighted by Gasteiger charge is -2.27. The van der Waals surface area contributed by atoms with Crippen LogP contribution in [0.1, 0.15) is 44.6 Å². The fourth-order valence-electron chi connectivity index (χ4n) is 3.75. The van der Waals surface area contributed by atoms with E-state index in [1.165, 1.54) is 31.9 Å². The summed E-state index contributed by atoms with van der Waals surface area (Å²) in [5.74, 6) is 0.846. The van der Waals surface area contributed by atoms with Crippen molar-refractivity contribution in [3.8, 4) is 0 Å². The molecular formula is C21H36IN3O3S. The van der Waals surface area contributed by atoms with Crippen LogP contribution in [0.4, 0.5) is 0 Å². The van der Waals surface area contributed by atoms with Crippen LogP contribution >= 0.6 is 24.0 Å². The van der Waals surface area contributed by atoms with Gasteiger partial charge in [-0.05, 0) is 55.7 Å². The SMILES string of the molecule is CCNC(=NCC1(CCOC)CCCC1)NCCc1ccc(S(C)(=O)=O)cc1.I. The minimum Gasteiger partial charge on any atom is -0.385 e. The second kappa shape index (κ2) is 12.7. The van der Waals surface area contributed by atoms with Gasteiger partial charge in [0.2, 0.25) is 0 Å². The van der Waals surface area contributed by atoms with Crippen molar-refractivity contribution >= 4 is 39.8 Å². The number of ether oxygens (including phenoxy) is 1. The van der Waals surface area contributed by atoms with Crippen molar-refractivity contribution in [2.75, 3.05) is 39.6 Å². The molecule has 1 fully saturated rings. The highest BCUT2D eigenvalue weighted by Gasteiger charge is 2.33. The van der Waals surface area contributed by atoms with Crippen LogP contribution in [-0.2, 0) is 21.0 Å². The predicted octanol–water partition coefficient (Wildman–Crippen LogP) is 3.40. The third-order valence-electron chi connectivity index (χ3n) is 5.48. The number of sulfone groups is 1. The van der Waals surface area contributed by atoms with E-state index in [1.54, 1.807) is 19.2 Å². The maximum Gasteiger partial charge on any atom is 0.191 e. The smallest absolute Gasteiger partial charge is 0.191 e. The largest absolute Gasteiger partial charge is 0.385 e. The topological polar surface area (TPSA) is 79.8 Å². The molecule has 29 heavy (non-hydrogen) atoms. The maximum atomic E-state index is 11.5. The van der Waals surface area contributed by atoms with E-state index in [-0.39, 0.29) is 29.4 Å². The van der Waals surface area contributed by atoms with Gasteiger partial charge in [-0.1, -0.05) is 25.0 Å². The second-order valence-electron chi connectivity index (χ2n) is 7.74. The summed E-state index contributed by atoms with van der Waals surface area (Å²) < 4.78 is 28.4. The summed E-state index contributed by atoms with van der Waals surface area (Å²) in [5.41, 5.74) is 1.38. The first kappa shape index (κ1) is 26.2. The van der Waals surface area contributed by atoms with Crippen molar-refractivity contribution in [2.24, 2.45) is 10.4 Å². The number of aliphatic imine (C=N–C) groups is 1. The molecule has 0 aromatic heterocycles. The van der Waals surface area contributed by atoms with Crippen LogP contribution in [0.2, 0.25) is 0 Å². The van der Waals surface area contributed by atoms with Gasteiger partial charge in [0, 0.05) is 39.6 Å². The molecule has 6 nitrogen and oxygen atoms in total. The van der Waals surface area contributed by atoms with Crippen molar-refractivity contribution in [3.63, 3.8) is 0 Å². The fourth-order valence-corrected chi connectivity index (χ4v) is 4.38. The molecule has 166 valence electrons. The zero-order valence-corrected chi connectivity index (χ0v) is 21.0. The maximum absolute atomic E-state index is 11.5. The first-order valence-electron chi connectivity index (χ1n) is 10.2. The number of nitrogens with zero attached hydrogens (tertiary/aromatic N) is 1. The van der Waals surface area contributed by atoms with Crippen LogP contribution < -0.4 is 10.6 Å². The first-order chi connectivity index (χ1) is 13.4. The zero-order chi connectivity index (χ0) is 20.5. The molecule has 0 atom stereocenters. The Balaban J connectivity index is 0.00000420. The fraction of sp³-hybridized carbons (Fsp3) is 0.667. The molecule has 0 amide bonds. The average molecular weight is 538 g/mol. The highest BCUT2D eigenvalue weighted by Crippen LogP contribution is 2.41. The second-order valence-corrected chi connectivity index (χ2v) is 9.75. The van der Waals surface area contributed by atoms with Gasteiger partial charge in [-0.2, -0.15) is 0 Å². The van der Waals surface area contributed by atoms with Gasteiger partial charge >= 0.3 is 0 Å². The summed E-state index contributed by atoms with van der Waals surface area (Å²) in [4.78, 5) is 5.22. The Morgan fingerprint density at radius 1 is 1.17 bits per heavy atom. The molecule has 0 saturated heterocycles. The highest BCUT2D eigenvalue weighted by molar-refractivity contribution is 14.0. The van der Waals surface area contributed by atoms with Gasteiger partial charge in [0.1, 0.15) is 0 Å². The minimum absolute atomic E-state index is 0. The molecule has 2 rings (SSSR count). The van der Waals surface area contributed by atoms with E-state index in [9.17, 15) is 8.42 Å². The monoisotopic (exact) mass is 537 g/mol. The van der Waals surface area contributed by atoms with Crippen LogP contribution in [0.5, 0.6) is 0 Å². The average Bonchev–Trinajstić information content (AvgIpc) is 3.13. The molecule has 0 aliphatic heterocycles. The molecule has 1 aliphatic rings. The summed E-state index contributed by atoms with van der Waals surface area (Å²) in [6.07, 6.45) is 8.13. The van der Waals surface area contributed by atoms with Crippen molar-refractivity contribution in [1.82, 2.24) is 10.6 Å². The summed E-state index contributed by atoms with van der Waals surface area (Å²) in [7, 11) is -1.38. The highest BCUT2D eigenvalue weighted by atomic mass is 127.